The highest BCUT2D eigenvalue weighted by molar-refractivity contribution is 6.00. The molecule has 1 heterocycles. The number of Topliss-reactive ketones (excluding diaryl/α,β-unsaturated/α-hetero) is 1. The van der Waals surface area contributed by atoms with Gasteiger partial charge in [0.25, 0.3) is 0 Å². The molecule has 0 bridgehead atoms. The Balaban J connectivity index is 2.03. The summed E-state index contributed by atoms with van der Waals surface area (Å²) < 4.78 is 20.4. The van der Waals surface area contributed by atoms with Crippen molar-refractivity contribution in [2.45, 2.75) is 12.3 Å². The van der Waals surface area contributed by atoms with E-state index in [1.54, 1.807) is 42.5 Å². The van der Waals surface area contributed by atoms with Gasteiger partial charge in [-0.1, -0.05) is 0 Å². The lowest BCUT2D eigenvalue weighted by Crippen LogP contribution is -2.20. The van der Waals surface area contributed by atoms with Crippen LogP contribution in [0.15, 0.2) is 57.7 Å². The fourth-order valence-corrected chi connectivity index (χ4v) is 3.13. The van der Waals surface area contributed by atoms with Gasteiger partial charge in [0, 0.05) is 29.5 Å². The quantitative estimate of drug-likeness (QED) is 0.344. The lowest BCUT2D eigenvalue weighted by atomic mass is 9.89. The summed E-state index contributed by atoms with van der Waals surface area (Å²) in [5.41, 5.74) is 0.422. The van der Waals surface area contributed by atoms with Gasteiger partial charge >= 0.3 is 11.6 Å². The van der Waals surface area contributed by atoms with E-state index in [1.165, 1.54) is 27.4 Å². The summed E-state index contributed by atoms with van der Waals surface area (Å²) in [6.07, 6.45) is -0.163. The Morgan fingerprint density at radius 1 is 0.931 bits per heavy atom. The van der Waals surface area contributed by atoms with E-state index in [9.17, 15) is 14.4 Å². The molecular weight excluding hydrogens is 376 g/mol. The van der Waals surface area contributed by atoms with Crippen molar-refractivity contribution in [3.05, 3.63) is 70.1 Å². The highest BCUT2D eigenvalue weighted by Crippen LogP contribution is 2.31. The minimum Gasteiger partial charge on any atom is -0.497 e. The van der Waals surface area contributed by atoms with Crippen LogP contribution in [-0.2, 0) is 9.53 Å². The van der Waals surface area contributed by atoms with Gasteiger partial charge in [-0.2, -0.15) is 0 Å². The first kappa shape index (κ1) is 20.1. The normalized spacial score (nSPS) is 11.7. The van der Waals surface area contributed by atoms with Crippen molar-refractivity contribution in [2.24, 2.45) is 0 Å². The molecule has 29 heavy (non-hydrogen) atoms. The van der Waals surface area contributed by atoms with Crippen LogP contribution in [0.1, 0.15) is 28.3 Å². The van der Waals surface area contributed by atoms with E-state index >= 15 is 0 Å². The van der Waals surface area contributed by atoms with E-state index in [0.29, 0.717) is 28.0 Å². The lowest BCUT2D eigenvalue weighted by Gasteiger charge is -2.16. The minimum atomic E-state index is -0.963. The summed E-state index contributed by atoms with van der Waals surface area (Å²) >= 11 is 0. The molecule has 0 amide bonds. The molecule has 0 aliphatic rings. The first-order chi connectivity index (χ1) is 14.0. The minimum absolute atomic E-state index is 0.163. The first-order valence-electron chi connectivity index (χ1n) is 8.83. The van der Waals surface area contributed by atoms with Gasteiger partial charge in [0.05, 0.1) is 27.2 Å². The number of carbonyl (C=O) groups is 2. The highest BCUT2D eigenvalue weighted by Gasteiger charge is 2.28. The number of ketones is 1. The number of rotatable bonds is 7. The van der Waals surface area contributed by atoms with Crippen LogP contribution in [0.5, 0.6) is 11.5 Å². The van der Waals surface area contributed by atoms with Crippen LogP contribution < -0.4 is 15.1 Å². The predicted molar refractivity (Wildman–Crippen MR) is 106 cm³/mol. The molecule has 0 aliphatic carbocycles. The van der Waals surface area contributed by atoms with E-state index in [4.69, 9.17) is 18.6 Å². The molecule has 3 aromatic rings. The van der Waals surface area contributed by atoms with Crippen molar-refractivity contribution in [3.8, 4) is 11.5 Å². The first-order valence-corrected chi connectivity index (χ1v) is 8.83. The number of benzene rings is 2. The van der Waals surface area contributed by atoms with Crippen LogP contribution in [0.2, 0.25) is 0 Å². The Morgan fingerprint density at radius 2 is 1.59 bits per heavy atom. The van der Waals surface area contributed by atoms with Gasteiger partial charge in [0.1, 0.15) is 17.1 Å². The number of esters is 1. The number of hydrogen-bond acceptors (Lipinski definition) is 7. The molecule has 150 valence electrons. The molecule has 1 unspecified atom stereocenters. The third-order valence-electron chi connectivity index (χ3n) is 4.65. The van der Waals surface area contributed by atoms with Gasteiger partial charge in [0.2, 0.25) is 0 Å². The molecule has 7 nitrogen and oxygen atoms in total. The SMILES string of the molecule is COC(=O)C(CC(=O)c1ccc(OC)cc1)c1cc(=O)oc2cc(OC)ccc12. The Labute approximate surface area is 166 Å². The van der Waals surface area contributed by atoms with Crippen molar-refractivity contribution < 1.29 is 28.2 Å². The topological polar surface area (TPSA) is 92.0 Å². The predicted octanol–water partition coefficient (Wildman–Crippen LogP) is 3.34. The van der Waals surface area contributed by atoms with E-state index in [0.717, 1.165) is 0 Å². The molecule has 0 spiro atoms. The van der Waals surface area contributed by atoms with E-state index in [2.05, 4.69) is 0 Å². The molecule has 0 radical (unpaired) electrons. The second kappa shape index (κ2) is 8.60. The zero-order valence-corrected chi connectivity index (χ0v) is 16.3. The fraction of sp³-hybridized carbons (Fsp3) is 0.227. The molecule has 7 heteroatoms. The Hall–Kier alpha value is -3.61. The standard InChI is InChI=1S/C22H20O7/c1-26-14-6-4-13(5-7-14)19(23)11-18(22(25)28-3)17-12-21(24)29-20-10-15(27-2)8-9-16(17)20/h4-10,12,18H,11H2,1-3H3. The second-order valence-corrected chi connectivity index (χ2v) is 6.31. The Morgan fingerprint density at radius 3 is 2.21 bits per heavy atom. The smallest absolute Gasteiger partial charge is 0.336 e. The molecule has 0 saturated heterocycles. The van der Waals surface area contributed by atoms with Gasteiger partial charge in [-0.3, -0.25) is 9.59 Å². The molecule has 1 aromatic heterocycles. The van der Waals surface area contributed by atoms with Crippen LogP contribution in [0.4, 0.5) is 0 Å². The molecule has 0 aliphatic heterocycles. The summed E-state index contributed by atoms with van der Waals surface area (Å²) in [4.78, 5) is 37.4. The van der Waals surface area contributed by atoms with E-state index < -0.39 is 17.5 Å². The van der Waals surface area contributed by atoms with Gasteiger partial charge in [0.15, 0.2) is 5.78 Å². The summed E-state index contributed by atoms with van der Waals surface area (Å²) in [5, 5.41) is 0.531. The van der Waals surface area contributed by atoms with Crippen molar-refractivity contribution in [1.29, 1.82) is 0 Å². The average molecular weight is 396 g/mol. The van der Waals surface area contributed by atoms with Crippen molar-refractivity contribution in [1.82, 2.24) is 0 Å². The molecular formula is C22H20O7. The summed E-state index contributed by atoms with van der Waals surface area (Å²) in [6, 6.07) is 12.7. The molecule has 3 rings (SSSR count). The average Bonchev–Trinajstić information content (AvgIpc) is 2.75. The fourth-order valence-electron chi connectivity index (χ4n) is 3.13. The number of ether oxygens (including phenoxy) is 3. The van der Waals surface area contributed by atoms with Crippen molar-refractivity contribution >= 4 is 22.7 Å². The maximum atomic E-state index is 12.8. The van der Waals surface area contributed by atoms with Crippen molar-refractivity contribution in [2.75, 3.05) is 21.3 Å². The number of methoxy groups -OCH3 is 3. The van der Waals surface area contributed by atoms with E-state index in [-0.39, 0.29) is 17.8 Å². The lowest BCUT2D eigenvalue weighted by molar-refractivity contribution is -0.142. The third-order valence-corrected chi connectivity index (χ3v) is 4.65. The summed E-state index contributed by atoms with van der Waals surface area (Å²) in [7, 11) is 4.27. The Kier molecular flexibility index (Phi) is 5.97. The molecule has 0 N–H and O–H groups in total. The zero-order valence-electron chi connectivity index (χ0n) is 16.3. The molecule has 0 fully saturated rings. The highest BCUT2D eigenvalue weighted by atomic mass is 16.5. The van der Waals surface area contributed by atoms with Crippen LogP contribution >= 0.6 is 0 Å². The number of carbonyl (C=O) groups excluding carboxylic acids is 2. The summed E-state index contributed by atoms with van der Waals surface area (Å²) in [6.45, 7) is 0. The Bertz CT molecular complexity index is 1100. The number of hydrogen-bond donors (Lipinski definition) is 0. The second-order valence-electron chi connectivity index (χ2n) is 6.31. The van der Waals surface area contributed by atoms with Crippen LogP contribution in [0, 0.1) is 0 Å². The number of fused-ring (bicyclic) bond motifs is 1. The molecule has 2 aromatic carbocycles. The van der Waals surface area contributed by atoms with Crippen molar-refractivity contribution in [3.63, 3.8) is 0 Å². The molecule has 1 atom stereocenters. The largest absolute Gasteiger partial charge is 0.497 e. The van der Waals surface area contributed by atoms with Crippen LogP contribution in [0.3, 0.4) is 0 Å². The van der Waals surface area contributed by atoms with Gasteiger partial charge in [-0.05, 0) is 42.0 Å². The van der Waals surface area contributed by atoms with Gasteiger partial charge < -0.3 is 18.6 Å². The van der Waals surface area contributed by atoms with Gasteiger partial charge in [-0.15, -0.1) is 0 Å². The van der Waals surface area contributed by atoms with E-state index in [1.807, 2.05) is 0 Å². The molecule has 0 saturated carbocycles. The zero-order chi connectivity index (χ0) is 21.0. The van der Waals surface area contributed by atoms with Crippen LogP contribution in [0.25, 0.3) is 11.0 Å². The van der Waals surface area contributed by atoms with Gasteiger partial charge in [-0.25, -0.2) is 4.79 Å². The summed E-state index contributed by atoms with van der Waals surface area (Å²) in [5.74, 6) is -0.726. The maximum absolute atomic E-state index is 12.8. The third kappa shape index (κ3) is 4.29. The maximum Gasteiger partial charge on any atom is 0.336 e. The monoisotopic (exact) mass is 396 g/mol. The van der Waals surface area contributed by atoms with Crippen LogP contribution in [-0.4, -0.2) is 33.1 Å².